The summed E-state index contributed by atoms with van der Waals surface area (Å²) in [7, 11) is 3.22. The molecule has 3 aromatic rings. The number of likely N-dealkylation sites (tertiary alicyclic amines) is 1. The van der Waals surface area contributed by atoms with Crippen molar-refractivity contribution in [3.8, 4) is 5.88 Å². The number of imidazole rings is 1. The summed E-state index contributed by atoms with van der Waals surface area (Å²) in [5.41, 5.74) is -1.40. The number of pyridine rings is 1. The number of anilines is 2. The highest BCUT2D eigenvalue weighted by atomic mass is 19.4. The Balaban J connectivity index is 1.40. The minimum atomic E-state index is -4.78. The zero-order valence-electron chi connectivity index (χ0n) is 26.5. The molecule has 0 spiro atoms. The number of alkyl halides is 8. The third kappa shape index (κ3) is 8.51. The number of halogens is 8. The van der Waals surface area contributed by atoms with Gasteiger partial charge < -0.3 is 20.7 Å². The molecule has 2 aromatic heterocycles. The molecular weight excluding hydrogens is 670 g/mol. The molecule has 18 heteroatoms. The average molecular weight is 706 g/mol. The van der Waals surface area contributed by atoms with Crippen molar-refractivity contribution < 1.29 is 49.4 Å². The zero-order chi connectivity index (χ0) is 35.7. The van der Waals surface area contributed by atoms with E-state index in [0.29, 0.717) is 12.0 Å². The molecule has 1 atom stereocenters. The van der Waals surface area contributed by atoms with Crippen molar-refractivity contribution in [2.45, 2.75) is 75.9 Å². The number of rotatable bonds is 10. The molecule has 0 bridgehead atoms. The lowest BCUT2D eigenvalue weighted by atomic mass is 9.85. The zero-order valence-corrected chi connectivity index (χ0v) is 26.5. The lowest BCUT2D eigenvalue weighted by Gasteiger charge is -2.30. The van der Waals surface area contributed by atoms with Gasteiger partial charge in [0.1, 0.15) is 11.1 Å². The number of nitrogens with one attached hydrogen (secondary N) is 3. The number of aromatic nitrogens is 3. The van der Waals surface area contributed by atoms with Crippen LogP contribution in [0.4, 0.5) is 46.8 Å². The Morgan fingerprint density at radius 3 is 2.33 bits per heavy atom. The lowest BCUT2D eigenvalue weighted by Crippen LogP contribution is -2.41. The number of carbonyl (C=O) groups excluding carboxylic acids is 2. The number of hydrogen-bond acceptors (Lipinski definition) is 7. The molecule has 1 aromatic carbocycles. The van der Waals surface area contributed by atoms with E-state index in [0.717, 1.165) is 19.0 Å². The molecule has 3 heterocycles. The third-order valence-electron chi connectivity index (χ3n) is 8.85. The second-order valence-electron chi connectivity index (χ2n) is 12.3. The molecule has 2 amide bonds. The first-order valence-corrected chi connectivity index (χ1v) is 15.6. The predicted molar refractivity (Wildman–Crippen MR) is 162 cm³/mol. The van der Waals surface area contributed by atoms with Gasteiger partial charge in [-0.3, -0.25) is 19.1 Å². The van der Waals surface area contributed by atoms with Gasteiger partial charge in [-0.05, 0) is 75.9 Å². The summed E-state index contributed by atoms with van der Waals surface area (Å²) >= 11 is 0. The van der Waals surface area contributed by atoms with E-state index < -0.39 is 60.4 Å². The van der Waals surface area contributed by atoms with Gasteiger partial charge in [0.25, 0.3) is 12.3 Å². The normalized spacial score (nSPS) is 20.5. The number of aryl methyl sites for hydroxylation is 1. The van der Waals surface area contributed by atoms with Gasteiger partial charge in [-0.25, -0.2) is 13.8 Å². The Kier molecular flexibility index (Phi) is 10.5. The first kappa shape index (κ1) is 36.1. The number of amides is 2. The molecule has 49 heavy (non-hydrogen) atoms. The monoisotopic (exact) mass is 705 g/mol. The predicted octanol–water partition coefficient (Wildman–Crippen LogP) is 5.94. The number of hydrogen-bond donors (Lipinski definition) is 3. The van der Waals surface area contributed by atoms with Crippen molar-refractivity contribution in [3.63, 3.8) is 0 Å². The molecule has 1 aliphatic carbocycles. The van der Waals surface area contributed by atoms with Gasteiger partial charge in [0.2, 0.25) is 17.7 Å². The Morgan fingerprint density at radius 1 is 1.00 bits per heavy atom. The van der Waals surface area contributed by atoms with Crippen molar-refractivity contribution in [1.82, 2.24) is 30.1 Å². The van der Waals surface area contributed by atoms with E-state index >= 15 is 0 Å². The van der Waals surface area contributed by atoms with Crippen molar-refractivity contribution in [2.75, 3.05) is 25.5 Å². The van der Waals surface area contributed by atoms with E-state index in [-0.39, 0.29) is 66.9 Å². The topological polar surface area (TPSA) is 113 Å². The number of fused-ring (bicyclic) bond motifs is 1. The standard InChI is InChI=1S/C31H35F8N7O3/c1-45-11-3-4-23(45)27(48)40-14-16-5-10-20(31(37,38)39)21(12-16)42-29-43-22-13-19(28(49-15-24(32)33)44-25(22)46(29)2)26(47)41-18-8-6-17(7-9-18)30(34,35)36/h5,10,12-13,17-18,23-24H,3-4,6-9,11,14-15H2,1-2H3,(H,40,48)(H,41,47)(H,42,43)/t17-,18-,23?. The smallest absolute Gasteiger partial charge is 0.418 e. The minimum absolute atomic E-state index is 0.00186. The van der Waals surface area contributed by atoms with Crippen LogP contribution in [0.2, 0.25) is 0 Å². The molecular formula is C31H35F8N7O3. The van der Waals surface area contributed by atoms with Crippen LogP contribution in [-0.2, 0) is 24.6 Å². The van der Waals surface area contributed by atoms with Crippen LogP contribution in [0.1, 0.15) is 60.0 Å². The molecule has 268 valence electrons. The Labute approximate surface area is 275 Å². The fraction of sp³-hybridized carbons (Fsp3) is 0.548. The van der Waals surface area contributed by atoms with Gasteiger partial charge >= 0.3 is 12.4 Å². The Morgan fingerprint density at radius 2 is 1.71 bits per heavy atom. The molecule has 1 aliphatic heterocycles. The van der Waals surface area contributed by atoms with Crippen molar-refractivity contribution in [2.24, 2.45) is 13.0 Å². The van der Waals surface area contributed by atoms with Gasteiger partial charge in [-0.15, -0.1) is 0 Å². The summed E-state index contributed by atoms with van der Waals surface area (Å²) in [6, 6.07) is 3.55. The van der Waals surface area contributed by atoms with Gasteiger partial charge in [0, 0.05) is 19.6 Å². The van der Waals surface area contributed by atoms with Gasteiger partial charge in [-0.2, -0.15) is 31.3 Å². The lowest BCUT2D eigenvalue weighted by molar-refractivity contribution is -0.182. The quantitative estimate of drug-likeness (QED) is 0.224. The SMILES string of the molecule is CN1CCCC1C(=O)NCc1ccc(C(F)(F)F)c(Nc2nc3cc(C(=O)N[C@H]4CC[C@H](C(F)(F)F)CC4)c(OCC(F)F)nc3n2C)c1. The van der Waals surface area contributed by atoms with E-state index in [1.54, 1.807) is 0 Å². The minimum Gasteiger partial charge on any atom is -0.471 e. The van der Waals surface area contributed by atoms with Crippen LogP contribution in [0.25, 0.3) is 11.2 Å². The average Bonchev–Trinajstić information content (AvgIpc) is 3.59. The van der Waals surface area contributed by atoms with Crippen LogP contribution >= 0.6 is 0 Å². The van der Waals surface area contributed by atoms with Gasteiger partial charge in [-0.1, -0.05) is 6.07 Å². The number of benzene rings is 1. The van der Waals surface area contributed by atoms with Gasteiger partial charge in [0.15, 0.2) is 12.3 Å². The summed E-state index contributed by atoms with van der Waals surface area (Å²) in [6.07, 6.45) is -10.8. The van der Waals surface area contributed by atoms with Crippen molar-refractivity contribution >= 4 is 34.6 Å². The van der Waals surface area contributed by atoms with E-state index in [9.17, 15) is 44.7 Å². The Hall–Kier alpha value is -4.22. The molecule has 0 radical (unpaired) electrons. The van der Waals surface area contributed by atoms with E-state index in [2.05, 4.69) is 25.9 Å². The largest absolute Gasteiger partial charge is 0.471 e. The van der Waals surface area contributed by atoms with E-state index in [1.165, 1.54) is 29.8 Å². The first-order valence-electron chi connectivity index (χ1n) is 15.6. The number of ether oxygens (including phenoxy) is 1. The highest BCUT2D eigenvalue weighted by molar-refractivity contribution is 5.99. The molecule has 3 N–H and O–H groups in total. The summed E-state index contributed by atoms with van der Waals surface area (Å²) in [6.45, 7) is -0.410. The van der Waals surface area contributed by atoms with E-state index in [1.807, 2.05) is 11.9 Å². The van der Waals surface area contributed by atoms with Crippen LogP contribution in [-0.4, -0.2) is 76.1 Å². The Bertz CT molecular complexity index is 1670. The van der Waals surface area contributed by atoms with Crippen molar-refractivity contribution in [3.05, 3.63) is 41.0 Å². The maximum atomic E-state index is 14.0. The molecule has 10 nitrogen and oxygen atoms in total. The fourth-order valence-electron chi connectivity index (χ4n) is 6.17. The van der Waals surface area contributed by atoms with Crippen LogP contribution in [0, 0.1) is 5.92 Å². The van der Waals surface area contributed by atoms with Crippen LogP contribution in [0.3, 0.4) is 0 Å². The third-order valence-corrected chi connectivity index (χ3v) is 8.85. The van der Waals surface area contributed by atoms with E-state index in [4.69, 9.17) is 4.74 Å². The summed E-state index contributed by atoms with van der Waals surface area (Å²) in [5, 5.41) is 8.01. The number of likely N-dealkylation sites (N-methyl/N-ethyl adjacent to an activating group) is 1. The maximum Gasteiger partial charge on any atom is 0.418 e. The fourth-order valence-corrected chi connectivity index (χ4v) is 6.17. The molecule has 1 saturated heterocycles. The highest BCUT2D eigenvalue weighted by Crippen LogP contribution is 2.39. The summed E-state index contributed by atoms with van der Waals surface area (Å²) in [5.74, 6) is -3.23. The van der Waals surface area contributed by atoms with Crippen LogP contribution < -0.4 is 20.7 Å². The first-order chi connectivity index (χ1) is 23.0. The second kappa shape index (κ2) is 14.3. The molecule has 1 saturated carbocycles. The van der Waals surface area contributed by atoms with Crippen molar-refractivity contribution in [1.29, 1.82) is 0 Å². The van der Waals surface area contributed by atoms with Gasteiger partial charge in [0.05, 0.1) is 23.2 Å². The summed E-state index contributed by atoms with van der Waals surface area (Å²) in [4.78, 5) is 36.2. The second-order valence-corrected chi connectivity index (χ2v) is 12.3. The molecule has 1 unspecified atom stereocenters. The van der Waals surface area contributed by atoms with Crippen LogP contribution in [0.5, 0.6) is 5.88 Å². The molecule has 2 aliphatic rings. The number of nitrogens with zero attached hydrogens (tertiary/aromatic N) is 4. The number of carbonyl (C=O) groups is 2. The maximum absolute atomic E-state index is 14.0. The van der Waals surface area contributed by atoms with Crippen LogP contribution in [0.15, 0.2) is 24.3 Å². The highest BCUT2D eigenvalue weighted by Gasteiger charge is 2.42. The molecule has 2 fully saturated rings. The molecule has 5 rings (SSSR count). The summed E-state index contributed by atoms with van der Waals surface area (Å²) < 4.78 is 114.